The molecule has 0 spiro atoms. The minimum absolute atomic E-state index is 0.0379. The number of methoxy groups -OCH3 is 1. The molecule has 2 aromatic carbocycles. The summed E-state index contributed by atoms with van der Waals surface area (Å²) < 4.78 is 19.5. The molecule has 1 heterocycles. The number of hydrogen-bond acceptors (Lipinski definition) is 3. The molecular weight excluding hydrogens is 371 g/mol. The summed E-state index contributed by atoms with van der Waals surface area (Å²) in [6, 6.07) is 13.6. The first-order valence-electron chi connectivity index (χ1n) is 10.0. The Kier molecular flexibility index (Phi) is 5.51. The summed E-state index contributed by atoms with van der Waals surface area (Å²) in [4.78, 5) is 27.5. The first kappa shape index (κ1) is 19.4. The molecule has 1 saturated carbocycles. The number of nitrogens with zero attached hydrogens (tertiary/aromatic N) is 1. The van der Waals surface area contributed by atoms with Crippen LogP contribution in [-0.2, 0) is 4.79 Å². The van der Waals surface area contributed by atoms with Gasteiger partial charge in [0.15, 0.2) is 0 Å². The number of nitrogens with one attached hydrogen (secondary N) is 1. The number of carbonyl (C=O) groups excluding carboxylic acids is 2. The maximum absolute atomic E-state index is 14.1. The first-order valence-corrected chi connectivity index (χ1v) is 10.0. The lowest BCUT2D eigenvalue weighted by Crippen LogP contribution is -2.36. The molecule has 5 nitrogen and oxygen atoms in total. The normalized spacial score (nSPS) is 21.1. The Morgan fingerprint density at radius 2 is 1.93 bits per heavy atom. The molecule has 2 aliphatic rings. The van der Waals surface area contributed by atoms with E-state index >= 15 is 0 Å². The standard InChI is InChI=1S/C23H25FN2O3/c1-29-17-6-4-5-16(11-17)19-13-26(23(28)18-7-2-3-8-21(18)24)14-20(19)22(27)25-12-15-9-10-15/h2-8,11,15,19-20H,9-10,12-14H2,1H3,(H,25,27)/t19-,20+/m1/s1. The lowest BCUT2D eigenvalue weighted by atomic mass is 9.88. The molecule has 0 radical (unpaired) electrons. The largest absolute Gasteiger partial charge is 0.497 e. The first-order chi connectivity index (χ1) is 14.1. The molecule has 1 aliphatic carbocycles. The average molecular weight is 396 g/mol. The van der Waals surface area contributed by atoms with Gasteiger partial charge in [-0.25, -0.2) is 4.39 Å². The smallest absolute Gasteiger partial charge is 0.256 e. The number of carbonyl (C=O) groups is 2. The maximum atomic E-state index is 14.1. The van der Waals surface area contributed by atoms with Crippen molar-refractivity contribution in [1.29, 1.82) is 0 Å². The molecule has 6 heteroatoms. The Balaban J connectivity index is 1.58. The van der Waals surface area contributed by atoms with Crippen LogP contribution in [0.5, 0.6) is 5.75 Å². The lowest BCUT2D eigenvalue weighted by Gasteiger charge is -2.18. The molecule has 0 bridgehead atoms. The third kappa shape index (κ3) is 4.26. The molecule has 1 saturated heterocycles. The molecule has 2 fully saturated rings. The van der Waals surface area contributed by atoms with Crippen molar-refractivity contribution in [2.24, 2.45) is 11.8 Å². The highest BCUT2D eigenvalue weighted by Crippen LogP contribution is 2.36. The van der Waals surface area contributed by atoms with E-state index in [0.29, 0.717) is 24.8 Å². The summed E-state index contributed by atoms with van der Waals surface area (Å²) in [5.41, 5.74) is 0.982. The van der Waals surface area contributed by atoms with Crippen LogP contribution in [0.1, 0.15) is 34.7 Å². The average Bonchev–Trinajstić information content (AvgIpc) is 3.47. The van der Waals surface area contributed by atoms with Crippen LogP contribution in [0.3, 0.4) is 0 Å². The van der Waals surface area contributed by atoms with Crippen LogP contribution in [0.15, 0.2) is 48.5 Å². The Labute approximate surface area is 169 Å². The highest BCUT2D eigenvalue weighted by molar-refractivity contribution is 5.95. The third-order valence-corrected chi connectivity index (χ3v) is 5.83. The van der Waals surface area contributed by atoms with Gasteiger partial charge in [0.05, 0.1) is 18.6 Å². The Morgan fingerprint density at radius 3 is 2.66 bits per heavy atom. The van der Waals surface area contributed by atoms with E-state index < -0.39 is 5.82 Å². The molecule has 152 valence electrons. The highest BCUT2D eigenvalue weighted by Gasteiger charge is 2.41. The van der Waals surface area contributed by atoms with E-state index in [2.05, 4.69) is 5.32 Å². The quantitative estimate of drug-likeness (QED) is 0.816. The van der Waals surface area contributed by atoms with Gasteiger partial charge in [-0.15, -0.1) is 0 Å². The summed E-state index contributed by atoms with van der Waals surface area (Å²) >= 11 is 0. The van der Waals surface area contributed by atoms with Crippen LogP contribution in [0.2, 0.25) is 0 Å². The van der Waals surface area contributed by atoms with Crippen molar-refractivity contribution in [3.8, 4) is 5.75 Å². The maximum Gasteiger partial charge on any atom is 0.256 e. The predicted octanol–water partition coefficient (Wildman–Crippen LogP) is 3.22. The van der Waals surface area contributed by atoms with Gasteiger partial charge in [-0.1, -0.05) is 24.3 Å². The summed E-state index contributed by atoms with van der Waals surface area (Å²) in [5, 5.41) is 3.04. The number of hydrogen-bond donors (Lipinski definition) is 1. The fourth-order valence-corrected chi connectivity index (χ4v) is 3.95. The fraction of sp³-hybridized carbons (Fsp3) is 0.391. The van der Waals surface area contributed by atoms with Crippen molar-refractivity contribution in [3.63, 3.8) is 0 Å². The Morgan fingerprint density at radius 1 is 1.14 bits per heavy atom. The fourth-order valence-electron chi connectivity index (χ4n) is 3.95. The summed E-state index contributed by atoms with van der Waals surface area (Å²) in [6.45, 7) is 1.31. The van der Waals surface area contributed by atoms with Crippen molar-refractivity contribution in [2.75, 3.05) is 26.7 Å². The zero-order chi connectivity index (χ0) is 20.4. The number of halogens is 1. The van der Waals surface area contributed by atoms with Gasteiger partial charge in [0.25, 0.3) is 5.91 Å². The van der Waals surface area contributed by atoms with Gasteiger partial charge in [0.1, 0.15) is 11.6 Å². The molecule has 0 unspecified atom stereocenters. The second kappa shape index (κ2) is 8.23. The zero-order valence-corrected chi connectivity index (χ0v) is 16.4. The van der Waals surface area contributed by atoms with Crippen LogP contribution in [-0.4, -0.2) is 43.5 Å². The molecule has 2 atom stereocenters. The molecule has 4 rings (SSSR count). The Hall–Kier alpha value is -2.89. The van der Waals surface area contributed by atoms with Gasteiger partial charge in [0, 0.05) is 25.6 Å². The van der Waals surface area contributed by atoms with E-state index in [1.807, 2.05) is 24.3 Å². The molecule has 1 N–H and O–H groups in total. The van der Waals surface area contributed by atoms with Crippen molar-refractivity contribution in [1.82, 2.24) is 10.2 Å². The molecule has 29 heavy (non-hydrogen) atoms. The van der Waals surface area contributed by atoms with Crippen LogP contribution < -0.4 is 10.1 Å². The van der Waals surface area contributed by atoms with Gasteiger partial charge in [0.2, 0.25) is 5.91 Å². The van der Waals surface area contributed by atoms with E-state index in [4.69, 9.17) is 4.74 Å². The molecule has 2 amide bonds. The number of benzene rings is 2. The number of likely N-dealkylation sites (tertiary alicyclic amines) is 1. The second-order valence-electron chi connectivity index (χ2n) is 7.87. The summed E-state index contributed by atoms with van der Waals surface area (Å²) in [7, 11) is 1.60. The van der Waals surface area contributed by atoms with Crippen LogP contribution >= 0.6 is 0 Å². The SMILES string of the molecule is COc1cccc([C@H]2CN(C(=O)c3ccccc3F)C[C@@H]2C(=O)NCC2CC2)c1. The van der Waals surface area contributed by atoms with Gasteiger partial charge in [-0.2, -0.15) is 0 Å². The number of amides is 2. The monoisotopic (exact) mass is 396 g/mol. The van der Waals surface area contributed by atoms with E-state index in [0.717, 1.165) is 18.4 Å². The summed E-state index contributed by atoms with van der Waals surface area (Å²) in [5.74, 6) is -0.235. The van der Waals surface area contributed by atoms with Crippen LogP contribution in [0.4, 0.5) is 4.39 Å². The molecule has 0 aromatic heterocycles. The van der Waals surface area contributed by atoms with Crippen molar-refractivity contribution in [3.05, 3.63) is 65.5 Å². The highest BCUT2D eigenvalue weighted by atomic mass is 19.1. The number of ether oxygens (including phenoxy) is 1. The van der Waals surface area contributed by atoms with Crippen molar-refractivity contribution >= 4 is 11.8 Å². The molecular formula is C23H25FN2O3. The number of rotatable bonds is 6. The van der Waals surface area contributed by atoms with Gasteiger partial charge >= 0.3 is 0 Å². The van der Waals surface area contributed by atoms with E-state index in [1.165, 1.54) is 12.1 Å². The van der Waals surface area contributed by atoms with Crippen LogP contribution in [0, 0.1) is 17.7 Å². The lowest BCUT2D eigenvalue weighted by molar-refractivity contribution is -0.125. The van der Waals surface area contributed by atoms with Crippen LogP contribution in [0.25, 0.3) is 0 Å². The van der Waals surface area contributed by atoms with E-state index in [-0.39, 0.29) is 35.8 Å². The zero-order valence-electron chi connectivity index (χ0n) is 16.4. The van der Waals surface area contributed by atoms with Crippen molar-refractivity contribution in [2.45, 2.75) is 18.8 Å². The molecule has 2 aromatic rings. The van der Waals surface area contributed by atoms with Crippen molar-refractivity contribution < 1.29 is 18.7 Å². The Bertz CT molecular complexity index is 913. The third-order valence-electron chi connectivity index (χ3n) is 5.83. The van der Waals surface area contributed by atoms with E-state index in [9.17, 15) is 14.0 Å². The minimum Gasteiger partial charge on any atom is -0.497 e. The topological polar surface area (TPSA) is 58.6 Å². The predicted molar refractivity (Wildman–Crippen MR) is 107 cm³/mol. The minimum atomic E-state index is -0.544. The van der Waals surface area contributed by atoms with Gasteiger partial charge in [-0.3, -0.25) is 9.59 Å². The van der Waals surface area contributed by atoms with Gasteiger partial charge in [-0.05, 0) is 48.6 Å². The van der Waals surface area contributed by atoms with Gasteiger partial charge < -0.3 is 15.0 Å². The summed E-state index contributed by atoms with van der Waals surface area (Å²) in [6.07, 6.45) is 2.31. The van der Waals surface area contributed by atoms with E-state index in [1.54, 1.807) is 24.1 Å². The molecule has 1 aliphatic heterocycles. The second-order valence-corrected chi connectivity index (χ2v) is 7.87.